The first-order chi connectivity index (χ1) is 13.4. The second-order valence-electron chi connectivity index (χ2n) is 7.53. The highest BCUT2D eigenvalue weighted by atomic mass is 32.2. The molecule has 2 aliphatic heterocycles. The normalized spacial score (nSPS) is 20.6. The Balaban J connectivity index is 1.49. The molecule has 2 aliphatic rings. The van der Waals surface area contributed by atoms with Gasteiger partial charge < -0.3 is 4.74 Å². The van der Waals surface area contributed by atoms with Gasteiger partial charge in [-0.1, -0.05) is 24.3 Å². The highest BCUT2D eigenvalue weighted by molar-refractivity contribution is 7.97. The number of hydrogen-bond donors (Lipinski definition) is 0. The smallest absolute Gasteiger partial charge is 0.245 e. The van der Waals surface area contributed by atoms with E-state index in [0.717, 1.165) is 18.7 Å². The largest absolute Gasteiger partial charge is 0.358 e. The Kier molecular flexibility index (Phi) is 5.55. The van der Waals surface area contributed by atoms with Gasteiger partial charge in [-0.15, -0.1) is 0 Å². The van der Waals surface area contributed by atoms with Crippen molar-refractivity contribution < 1.29 is 13.2 Å². The Labute approximate surface area is 171 Å². The summed E-state index contributed by atoms with van der Waals surface area (Å²) in [6.45, 7) is 6.46. The first-order valence-corrected chi connectivity index (χ1v) is 11.8. The van der Waals surface area contributed by atoms with Crippen LogP contribution in [0.3, 0.4) is 0 Å². The summed E-state index contributed by atoms with van der Waals surface area (Å²) in [6.07, 6.45) is 1.35. The summed E-state index contributed by atoms with van der Waals surface area (Å²) < 4.78 is 36.6. The Hall–Kier alpha value is -1.38. The fourth-order valence-electron chi connectivity index (χ4n) is 3.98. The van der Waals surface area contributed by atoms with Crippen LogP contribution in [0.25, 0.3) is 0 Å². The molecule has 28 heavy (non-hydrogen) atoms. The molecule has 0 amide bonds. The number of rotatable bonds is 4. The lowest BCUT2D eigenvalue weighted by atomic mass is 10.0. The predicted octanol–water partition coefficient (Wildman–Crippen LogP) is 3.82. The van der Waals surface area contributed by atoms with Crippen LogP contribution in [0.1, 0.15) is 24.0 Å². The fourth-order valence-corrected chi connectivity index (χ4v) is 6.85. The minimum absolute atomic E-state index is 0.356. The van der Waals surface area contributed by atoms with Crippen molar-refractivity contribution in [3.8, 4) is 0 Å². The van der Waals surface area contributed by atoms with E-state index in [1.165, 1.54) is 10.5 Å². The number of ether oxygens (including phenoxy) is 1. The van der Waals surface area contributed by atoms with Crippen LogP contribution in [0, 0.1) is 13.8 Å². The number of benzene rings is 2. The summed E-state index contributed by atoms with van der Waals surface area (Å²) in [7, 11) is -3.57. The fraction of sp³-hybridized carbons (Fsp3) is 0.429. The molecule has 2 saturated heterocycles. The summed E-state index contributed by atoms with van der Waals surface area (Å²) >= 11 is 1.74. The van der Waals surface area contributed by atoms with E-state index >= 15 is 0 Å². The zero-order valence-corrected chi connectivity index (χ0v) is 17.9. The summed E-state index contributed by atoms with van der Waals surface area (Å²) in [5.74, 6) is 0. The van der Waals surface area contributed by atoms with Gasteiger partial charge in [0.2, 0.25) is 10.0 Å². The zero-order chi connectivity index (χ0) is 19.8. The SMILES string of the molecule is Cc1cccc(SN2CCC3(CC2)OCCN3S(=O)(=O)c2cccc(C)c2)c1. The molecule has 2 heterocycles. The van der Waals surface area contributed by atoms with Crippen LogP contribution in [-0.2, 0) is 14.8 Å². The predicted molar refractivity (Wildman–Crippen MR) is 112 cm³/mol. The summed E-state index contributed by atoms with van der Waals surface area (Å²) in [5.41, 5.74) is 1.47. The zero-order valence-electron chi connectivity index (χ0n) is 16.3. The topological polar surface area (TPSA) is 49.9 Å². The van der Waals surface area contributed by atoms with Gasteiger partial charge in [-0.25, -0.2) is 12.7 Å². The number of piperidine rings is 1. The molecule has 7 heteroatoms. The molecule has 150 valence electrons. The number of sulfonamides is 1. The number of aryl methyl sites for hydroxylation is 2. The molecule has 0 bridgehead atoms. The highest BCUT2D eigenvalue weighted by Crippen LogP contribution is 2.40. The summed E-state index contributed by atoms with van der Waals surface area (Å²) in [5, 5.41) is 0. The summed E-state index contributed by atoms with van der Waals surface area (Å²) in [4.78, 5) is 1.57. The van der Waals surface area contributed by atoms with E-state index in [1.807, 2.05) is 13.0 Å². The Morgan fingerprint density at radius 3 is 2.32 bits per heavy atom. The molecule has 0 aromatic heterocycles. The molecule has 0 atom stereocenters. The average molecular weight is 419 g/mol. The van der Waals surface area contributed by atoms with Gasteiger partial charge in [0.15, 0.2) is 0 Å². The maximum atomic E-state index is 13.3. The molecule has 0 radical (unpaired) electrons. The van der Waals surface area contributed by atoms with E-state index in [-0.39, 0.29) is 0 Å². The molecule has 0 unspecified atom stereocenters. The Bertz CT molecular complexity index is 954. The van der Waals surface area contributed by atoms with Gasteiger partial charge in [0.25, 0.3) is 0 Å². The maximum absolute atomic E-state index is 13.3. The molecular formula is C21H26N2O3S2. The lowest BCUT2D eigenvalue weighted by molar-refractivity contribution is -0.0797. The van der Waals surface area contributed by atoms with Crippen LogP contribution in [0.5, 0.6) is 0 Å². The van der Waals surface area contributed by atoms with Crippen LogP contribution < -0.4 is 0 Å². The van der Waals surface area contributed by atoms with E-state index in [2.05, 4.69) is 35.5 Å². The quantitative estimate of drug-likeness (QED) is 0.707. The minimum atomic E-state index is -3.57. The molecule has 1 spiro atoms. The molecule has 2 aromatic carbocycles. The van der Waals surface area contributed by atoms with Crippen LogP contribution in [-0.4, -0.2) is 49.0 Å². The highest BCUT2D eigenvalue weighted by Gasteiger charge is 2.50. The molecule has 2 fully saturated rings. The standard InChI is InChI=1S/C21H26N2O3S2/c1-17-5-3-7-19(15-17)27-22-11-9-21(10-12-22)23(13-14-26-21)28(24,25)20-8-4-6-18(2)16-20/h3-8,15-16H,9-14H2,1-2H3. The Morgan fingerprint density at radius 1 is 0.964 bits per heavy atom. The van der Waals surface area contributed by atoms with Gasteiger partial charge in [0.05, 0.1) is 11.5 Å². The summed E-state index contributed by atoms with van der Waals surface area (Å²) in [6, 6.07) is 15.6. The van der Waals surface area contributed by atoms with E-state index in [0.29, 0.717) is 30.9 Å². The van der Waals surface area contributed by atoms with Crippen molar-refractivity contribution >= 4 is 22.0 Å². The van der Waals surface area contributed by atoms with Crippen molar-refractivity contribution in [3.63, 3.8) is 0 Å². The second kappa shape index (κ2) is 7.80. The third-order valence-electron chi connectivity index (χ3n) is 5.42. The monoisotopic (exact) mass is 418 g/mol. The lowest BCUT2D eigenvalue weighted by Gasteiger charge is -2.42. The van der Waals surface area contributed by atoms with E-state index in [1.54, 1.807) is 34.5 Å². The Morgan fingerprint density at radius 2 is 1.64 bits per heavy atom. The molecule has 2 aromatic rings. The van der Waals surface area contributed by atoms with Gasteiger partial charge in [0.1, 0.15) is 5.72 Å². The van der Waals surface area contributed by atoms with Crippen molar-refractivity contribution in [2.45, 2.75) is 42.2 Å². The van der Waals surface area contributed by atoms with Crippen LogP contribution in [0.2, 0.25) is 0 Å². The van der Waals surface area contributed by atoms with Crippen molar-refractivity contribution in [1.29, 1.82) is 0 Å². The van der Waals surface area contributed by atoms with E-state index in [9.17, 15) is 8.42 Å². The molecule has 0 aliphatic carbocycles. The molecule has 0 saturated carbocycles. The first-order valence-electron chi connectivity index (χ1n) is 9.62. The first kappa shape index (κ1) is 19.9. The van der Waals surface area contributed by atoms with Crippen LogP contribution in [0.15, 0.2) is 58.3 Å². The minimum Gasteiger partial charge on any atom is -0.358 e. The van der Waals surface area contributed by atoms with Crippen LogP contribution in [0.4, 0.5) is 0 Å². The second-order valence-corrected chi connectivity index (χ2v) is 10.6. The molecule has 0 N–H and O–H groups in total. The van der Waals surface area contributed by atoms with E-state index < -0.39 is 15.7 Å². The third kappa shape index (κ3) is 3.86. The number of hydrogen-bond acceptors (Lipinski definition) is 5. The lowest BCUT2D eigenvalue weighted by Crippen LogP contribution is -2.53. The van der Waals surface area contributed by atoms with Gasteiger partial charge in [0, 0.05) is 37.4 Å². The molecule has 5 nitrogen and oxygen atoms in total. The van der Waals surface area contributed by atoms with Crippen molar-refractivity contribution in [3.05, 3.63) is 59.7 Å². The van der Waals surface area contributed by atoms with Crippen molar-refractivity contribution in [2.24, 2.45) is 0 Å². The van der Waals surface area contributed by atoms with Crippen molar-refractivity contribution in [1.82, 2.24) is 8.61 Å². The van der Waals surface area contributed by atoms with Gasteiger partial charge >= 0.3 is 0 Å². The maximum Gasteiger partial charge on any atom is 0.245 e. The van der Waals surface area contributed by atoms with E-state index in [4.69, 9.17) is 4.74 Å². The number of nitrogens with zero attached hydrogens (tertiary/aromatic N) is 2. The van der Waals surface area contributed by atoms with Gasteiger partial charge in [-0.2, -0.15) is 4.31 Å². The average Bonchev–Trinajstić information content (AvgIpc) is 3.08. The van der Waals surface area contributed by atoms with Crippen molar-refractivity contribution in [2.75, 3.05) is 26.2 Å². The van der Waals surface area contributed by atoms with Gasteiger partial charge in [-0.3, -0.25) is 0 Å². The molecular weight excluding hydrogens is 392 g/mol. The molecule has 4 rings (SSSR count). The third-order valence-corrected chi connectivity index (χ3v) is 8.46. The van der Waals surface area contributed by atoms with Gasteiger partial charge in [-0.05, 0) is 61.2 Å². The van der Waals surface area contributed by atoms with Crippen LogP contribution >= 0.6 is 11.9 Å².